The average Bonchev–Trinajstić information content (AvgIpc) is 2.37. The molecule has 7 nitrogen and oxygen atoms in total. The number of halogens is 1. The fourth-order valence-electron chi connectivity index (χ4n) is 1.54. The first-order chi connectivity index (χ1) is 9.29. The molecule has 2 atom stereocenters. The number of carboxylic acid groups (broad SMARTS) is 1. The van der Waals surface area contributed by atoms with Crippen molar-refractivity contribution < 1.29 is 34.0 Å². The standard InChI is InChI=1S/C12H14FNO6/c1-2-20-12(19)10(16)9(15)5-3-6(11(17)18)8(14)4-7(5)13/h3-4,9-10,15-16H,2,14H2,1H3,(H,17,18). The highest BCUT2D eigenvalue weighted by Gasteiger charge is 2.30. The van der Waals surface area contributed by atoms with Crippen LogP contribution in [0.2, 0.25) is 0 Å². The van der Waals surface area contributed by atoms with Crippen molar-refractivity contribution >= 4 is 17.6 Å². The van der Waals surface area contributed by atoms with E-state index in [1.807, 2.05) is 0 Å². The summed E-state index contributed by atoms with van der Waals surface area (Å²) in [6.07, 6.45) is -4.00. The molecule has 0 bridgehead atoms. The van der Waals surface area contributed by atoms with E-state index in [0.717, 1.165) is 6.07 Å². The van der Waals surface area contributed by atoms with Gasteiger partial charge in [0.05, 0.1) is 12.2 Å². The summed E-state index contributed by atoms with van der Waals surface area (Å²) in [6, 6.07) is 1.46. The van der Waals surface area contributed by atoms with Crippen LogP contribution in [0, 0.1) is 5.82 Å². The summed E-state index contributed by atoms with van der Waals surface area (Å²) < 4.78 is 18.1. The number of carbonyl (C=O) groups is 2. The summed E-state index contributed by atoms with van der Waals surface area (Å²) in [6.45, 7) is 1.45. The molecule has 2 unspecified atom stereocenters. The Balaban J connectivity index is 3.15. The Bertz CT molecular complexity index is 533. The Morgan fingerprint density at radius 3 is 2.50 bits per heavy atom. The van der Waals surface area contributed by atoms with Gasteiger partial charge in [-0.3, -0.25) is 0 Å². The predicted molar refractivity (Wildman–Crippen MR) is 65.4 cm³/mol. The van der Waals surface area contributed by atoms with Gasteiger partial charge in [-0.05, 0) is 19.1 Å². The minimum Gasteiger partial charge on any atom is -0.478 e. The van der Waals surface area contributed by atoms with Gasteiger partial charge in [0.15, 0.2) is 6.10 Å². The van der Waals surface area contributed by atoms with E-state index < -0.39 is 41.1 Å². The molecule has 110 valence electrons. The molecule has 1 rings (SSSR count). The van der Waals surface area contributed by atoms with E-state index >= 15 is 0 Å². The van der Waals surface area contributed by atoms with Gasteiger partial charge in [-0.1, -0.05) is 0 Å². The maximum absolute atomic E-state index is 13.7. The SMILES string of the molecule is CCOC(=O)C(O)C(O)c1cc(C(=O)O)c(N)cc1F. The third-order valence-electron chi connectivity index (χ3n) is 2.55. The number of aliphatic hydroxyl groups is 2. The smallest absolute Gasteiger partial charge is 0.338 e. The molecular weight excluding hydrogens is 273 g/mol. The first-order valence-electron chi connectivity index (χ1n) is 5.64. The topological polar surface area (TPSA) is 130 Å². The maximum atomic E-state index is 13.7. The molecule has 0 radical (unpaired) electrons. The van der Waals surface area contributed by atoms with Crippen molar-refractivity contribution in [2.24, 2.45) is 0 Å². The van der Waals surface area contributed by atoms with Gasteiger partial charge in [-0.25, -0.2) is 14.0 Å². The molecule has 0 fully saturated rings. The quantitative estimate of drug-likeness (QED) is 0.445. The second kappa shape index (κ2) is 6.31. The van der Waals surface area contributed by atoms with Gasteiger partial charge >= 0.3 is 11.9 Å². The number of ether oxygens (including phenoxy) is 1. The number of aliphatic hydroxyl groups excluding tert-OH is 2. The lowest BCUT2D eigenvalue weighted by Crippen LogP contribution is -2.30. The van der Waals surface area contributed by atoms with Crippen LogP contribution < -0.4 is 5.73 Å². The minimum atomic E-state index is -2.03. The number of nitrogen functional groups attached to an aromatic ring is 1. The highest BCUT2D eigenvalue weighted by atomic mass is 19.1. The van der Waals surface area contributed by atoms with Crippen LogP contribution in [0.4, 0.5) is 10.1 Å². The van der Waals surface area contributed by atoms with Crippen LogP contribution in [0.15, 0.2) is 12.1 Å². The Hall–Kier alpha value is -2.19. The van der Waals surface area contributed by atoms with Gasteiger partial charge in [0.25, 0.3) is 0 Å². The van der Waals surface area contributed by atoms with Gasteiger partial charge in [-0.15, -0.1) is 0 Å². The molecule has 0 heterocycles. The van der Waals surface area contributed by atoms with E-state index in [4.69, 9.17) is 10.8 Å². The first kappa shape index (κ1) is 15.9. The fourth-order valence-corrected chi connectivity index (χ4v) is 1.54. The minimum absolute atomic E-state index is 0.0345. The first-order valence-corrected chi connectivity index (χ1v) is 5.64. The number of hydrogen-bond donors (Lipinski definition) is 4. The number of nitrogens with two attached hydrogens (primary N) is 1. The number of hydrogen-bond acceptors (Lipinski definition) is 6. The molecule has 5 N–H and O–H groups in total. The Kier molecular flexibility index (Phi) is 5.00. The van der Waals surface area contributed by atoms with Crippen LogP contribution in [0.5, 0.6) is 0 Å². The van der Waals surface area contributed by atoms with E-state index in [-0.39, 0.29) is 12.3 Å². The van der Waals surface area contributed by atoms with Gasteiger partial charge < -0.3 is 25.8 Å². The van der Waals surface area contributed by atoms with Crippen LogP contribution in [0.3, 0.4) is 0 Å². The Morgan fingerprint density at radius 1 is 1.40 bits per heavy atom. The third kappa shape index (κ3) is 3.22. The molecule has 0 amide bonds. The average molecular weight is 287 g/mol. The normalized spacial score (nSPS) is 13.6. The highest BCUT2D eigenvalue weighted by molar-refractivity contribution is 5.93. The van der Waals surface area contributed by atoms with E-state index in [2.05, 4.69) is 4.74 Å². The number of aromatic carboxylic acids is 1. The van der Waals surface area contributed by atoms with Crippen LogP contribution in [-0.4, -0.2) is 40.0 Å². The molecule has 0 aliphatic rings. The summed E-state index contributed by atoms with van der Waals surface area (Å²) in [5.74, 6) is -3.61. The molecular formula is C12H14FNO6. The third-order valence-corrected chi connectivity index (χ3v) is 2.55. The zero-order chi connectivity index (χ0) is 15.4. The molecule has 0 aliphatic carbocycles. The van der Waals surface area contributed by atoms with E-state index in [1.54, 1.807) is 0 Å². The number of anilines is 1. The van der Waals surface area contributed by atoms with Gasteiger partial charge in [0.1, 0.15) is 11.9 Å². The number of benzene rings is 1. The lowest BCUT2D eigenvalue weighted by molar-refractivity contribution is -0.159. The van der Waals surface area contributed by atoms with Crippen LogP contribution in [0.1, 0.15) is 28.9 Å². The van der Waals surface area contributed by atoms with Crippen molar-refractivity contribution in [1.29, 1.82) is 0 Å². The highest BCUT2D eigenvalue weighted by Crippen LogP contribution is 2.26. The van der Waals surface area contributed by atoms with E-state index in [9.17, 15) is 24.2 Å². The second-order valence-electron chi connectivity index (χ2n) is 3.91. The second-order valence-corrected chi connectivity index (χ2v) is 3.91. The molecule has 1 aromatic carbocycles. The Labute approximate surface area is 113 Å². The molecule has 20 heavy (non-hydrogen) atoms. The lowest BCUT2D eigenvalue weighted by Gasteiger charge is -2.18. The molecule has 8 heteroatoms. The van der Waals surface area contributed by atoms with Crippen LogP contribution >= 0.6 is 0 Å². The number of carbonyl (C=O) groups excluding carboxylic acids is 1. The van der Waals surface area contributed by atoms with Crippen molar-refractivity contribution in [2.45, 2.75) is 19.1 Å². The summed E-state index contributed by atoms with van der Waals surface area (Å²) in [5.41, 5.74) is 3.98. The number of esters is 1. The molecule has 0 aromatic heterocycles. The van der Waals surface area contributed by atoms with Gasteiger partial charge in [-0.2, -0.15) is 0 Å². The maximum Gasteiger partial charge on any atom is 0.338 e. The summed E-state index contributed by atoms with van der Waals surface area (Å²) in [5, 5.41) is 28.1. The van der Waals surface area contributed by atoms with E-state index in [0.29, 0.717) is 6.07 Å². The van der Waals surface area contributed by atoms with Crippen molar-refractivity contribution in [3.8, 4) is 0 Å². The lowest BCUT2D eigenvalue weighted by atomic mass is 10.00. The largest absolute Gasteiger partial charge is 0.478 e. The van der Waals surface area contributed by atoms with Crippen LogP contribution in [0.25, 0.3) is 0 Å². The number of rotatable bonds is 5. The number of carboxylic acids is 1. The molecule has 0 spiro atoms. The molecule has 0 aliphatic heterocycles. The predicted octanol–water partition coefficient (Wildman–Crippen LogP) is 0.0635. The van der Waals surface area contributed by atoms with Crippen molar-refractivity contribution in [2.75, 3.05) is 12.3 Å². The zero-order valence-corrected chi connectivity index (χ0v) is 10.5. The van der Waals surface area contributed by atoms with Crippen molar-refractivity contribution in [1.82, 2.24) is 0 Å². The van der Waals surface area contributed by atoms with E-state index in [1.165, 1.54) is 6.92 Å². The zero-order valence-electron chi connectivity index (χ0n) is 10.5. The summed E-state index contributed by atoms with van der Waals surface area (Å²) in [4.78, 5) is 22.1. The summed E-state index contributed by atoms with van der Waals surface area (Å²) in [7, 11) is 0. The van der Waals surface area contributed by atoms with Gasteiger partial charge in [0.2, 0.25) is 0 Å². The fraction of sp³-hybridized carbons (Fsp3) is 0.333. The van der Waals surface area contributed by atoms with Gasteiger partial charge in [0, 0.05) is 11.3 Å². The van der Waals surface area contributed by atoms with Crippen molar-refractivity contribution in [3.63, 3.8) is 0 Å². The molecule has 0 saturated heterocycles. The summed E-state index contributed by atoms with van der Waals surface area (Å²) >= 11 is 0. The van der Waals surface area contributed by atoms with Crippen LogP contribution in [-0.2, 0) is 9.53 Å². The molecule has 0 saturated carbocycles. The monoisotopic (exact) mass is 287 g/mol. The molecule has 1 aromatic rings. The van der Waals surface area contributed by atoms with Crippen molar-refractivity contribution in [3.05, 3.63) is 29.1 Å². The Morgan fingerprint density at radius 2 is 2.00 bits per heavy atom.